The quantitative estimate of drug-likeness (QED) is 0.782. The Kier molecular flexibility index (Phi) is 6.41. The van der Waals surface area contributed by atoms with E-state index in [9.17, 15) is 13.6 Å². The Labute approximate surface area is 148 Å². The van der Waals surface area contributed by atoms with E-state index < -0.39 is 12.6 Å². The van der Waals surface area contributed by atoms with Gasteiger partial charge in [-0.15, -0.1) is 0 Å². The molecule has 0 aliphatic carbocycles. The van der Waals surface area contributed by atoms with Crippen LogP contribution < -0.4 is 20.1 Å². The van der Waals surface area contributed by atoms with Crippen molar-refractivity contribution < 1.29 is 23.0 Å². The number of benzene rings is 2. The fourth-order valence-corrected chi connectivity index (χ4v) is 2.36. The summed E-state index contributed by atoms with van der Waals surface area (Å²) in [5, 5.41) is 5.91. The van der Waals surface area contributed by atoms with Gasteiger partial charge in [0.15, 0.2) is 11.5 Å². The maximum atomic E-state index is 12.4. The van der Waals surface area contributed by atoms with Crippen molar-refractivity contribution >= 4 is 23.3 Å². The molecule has 5 nitrogen and oxygen atoms in total. The molecule has 2 amide bonds. The fourth-order valence-electron chi connectivity index (χ4n) is 2.14. The highest BCUT2D eigenvalue weighted by atomic mass is 35.5. The number of alkyl halides is 2. The van der Waals surface area contributed by atoms with Crippen LogP contribution in [0.1, 0.15) is 11.1 Å². The molecule has 0 aliphatic rings. The van der Waals surface area contributed by atoms with Gasteiger partial charge in [-0.05, 0) is 48.4 Å². The summed E-state index contributed by atoms with van der Waals surface area (Å²) in [6, 6.07) is 9.19. The Morgan fingerprint density at radius 1 is 1.20 bits per heavy atom. The third kappa shape index (κ3) is 5.49. The number of nitrogens with one attached hydrogen (secondary N) is 2. The van der Waals surface area contributed by atoms with E-state index >= 15 is 0 Å². The predicted octanol–water partition coefficient (Wildman–Crippen LogP) is 4.58. The lowest BCUT2D eigenvalue weighted by Crippen LogP contribution is -2.28. The van der Waals surface area contributed by atoms with E-state index in [1.54, 1.807) is 24.3 Å². The summed E-state index contributed by atoms with van der Waals surface area (Å²) in [6.07, 6.45) is 0. The molecule has 0 aromatic heterocycles. The van der Waals surface area contributed by atoms with Crippen molar-refractivity contribution in [2.45, 2.75) is 20.1 Å². The number of anilines is 1. The summed E-state index contributed by atoms with van der Waals surface area (Å²) >= 11 is 5.87. The SMILES string of the molecule is COc1ccc(CNC(=O)Nc2ccc(Cl)cc2C)cc1OC(F)F. The van der Waals surface area contributed by atoms with Crippen LogP contribution in [0.15, 0.2) is 36.4 Å². The van der Waals surface area contributed by atoms with E-state index in [1.807, 2.05) is 6.92 Å². The Hall–Kier alpha value is -2.54. The lowest BCUT2D eigenvalue weighted by molar-refractivity contribution is -0.0512. The first-order valence-corrected chi connectivity index (χ1v) is 7.69. The maximum absolute atomic E-state index is 12.4. The van der Waals surface area contributed by atoms with Gasteiger partial charge in [0.05, 0.1) is 7.11 Å². The average molecular weight is 371 g/mol. The van der Waals surface area contributed by atoms with E-state index in [-0.39, 0.29) is 18.0 Å². The van der Waals surface area contributed by atoms with Crippen molar-refractivity contribution in [3.05, 3.63) is 52.5 Å². The van der Waals surface area contributed by atoms with Crippen LogP contribution >= 0.6 is 11.6 Å². The molecule has 25 heavy (non-hydrogen) atoms. The van der Waals surface area contributed by atoms with E-state index in [1.165, 1.54) is 19.2 Å². The number of rotatable bonds is 6. The van der Waals surface area contributed by atoms with E-state index in [2.05, 4.69) is 15.4 Å². The van der Waals surface area contributed by atoms with Crippen LogP contribution in [0.4, 0.5) is 19.3 Å². The van der Waals surface area contributed by atoms with Gasteiger partial charge >= 0.3 is 12.6 Å². The standard InChI is InChI=1S/C17H17ClF2N2O3/c1-10-7-12(18)4-5-13(10)22-17(23)21-9-11-3-6-14(24-2)15(8-11)25-16(19)20/h3-8,16H,9H2,1-2H3,(H2,21,22,23). The van der Waals surface area contributed by atoms with Crippen LogP contribution in [0.2, 0.25) is 5.02 Å². The molecule has 2 aromatic rings. The molecule has 0 saturated heterocycles. The number of carbonyl (C=O) groups is 1. The van der Waals surface area contributed by atoms with Crippen molar-refractivity contribution in [2.24, 2.45) is 0 Å². The van der Waals surface area contributed by atoms with Gasteiger partial charge in [0.1, 0.15) is 0 Å². The third-order valence-electron chi connectivity index (χ3n) is 3.33. The van der Waals surface area contributed by atoms with Gasteiger partial charge in [0, 0.05) is 17.3 Å². The minimum atomic E-state index is -2.96. The largest absolute Gasteiger partial charge is 0.493 e. The molecule has 2 aromatic carbocycles. The second kappa shape index (κ2) is 8.53. The minimum Gasteiger partial charge on any atom is -0.493 e. The van der Waals surface area contributed by atoms with Crippen molar-refractivity contribution in [1.29, 1.82) is 0 Å². The molecule has 0 heterocycles. The highest BCUT2D eigenvalue weighted by molar-refractivity contribution is 6.30. The van der Waals surface area contributed by atoms with E-state index in [0.717, 1.165) is 5.56 Å². The number of hydrogen-bond donors (Lipinski definition) is 2. The molecule has 8 heteroatoms. The van der Waals surface area contributed by atoms with Crippen LogP contribution in [0, 0.1) is 6.92 Å². The molecule has 0 unspecified atom stereocenters. The lowest BCUT2D eigenvalue weighted by Gasteiger charge is -2.13. The average Bonchev–Trinajstić information content (AvgIpc) is 2.55. The summed E-state index contributed by atoms with van der Waals surface area (Å²) in [7, 11) is 1.35. The highest BCUT2D eigenvalue weighted by Gasteiger charge is 2.12. The van der Waals surface area contributed by atoms with Gasteiger partial charge in [0.2, 0.25) is 0 Å². The van der Waals surface area contributed by atoms with Gasteiger partial charge in [-0.2, -0.15) is 8.78 Å². The first-order valence-electron chi connectivity index (χ1n) is 7.31. The van der Waals surface area contributed by atoms with Crippen LogP contribution in [-0.4, -0.2) is 19.8 Å². The zero-order chi connectivity index (χ0) is 18.4. The number of ether oxygens (including phenoxy) is 2. The van der Waals surface area contributed by atoms with Crippen molar-refractivity contribution in [1.82, 2.24) is 5.32 Å². The van der Waals surface area contributed by atoms with E-state index in [0.29, 0.717) is 16.3 Å². The number of amides is 2. The van der Waals surface area contributed by atoms with Gasteiger partial charge < -0.3 is 20.1 Å². The number of urea groups is 1. The Morgan fingerprint density at radius 2 is 1.96 bits per heavy atom. The molecule has 2 N–H and O–H groups in total. The number of aryl methyl sites for hydroxylation is 1. The summed E-state index contributed by atoms with van der Waals surface area (Å²) in [5.41, 5.74) is 2.03. The van der Waals surface area contributed by atoms with Crippen LogP contribution in [0.5, 0.6) is 11.5 Å². The summed E-state index contributed by atoms with van der Waals surface area (Å²) < 4.78 is 34.2. The van der Waals surface area contributed by atoms with Gasteiger partial charge in [-0.3, -0.25) is 0 Å². The number of carbonyl (C=O) groups excluding carboxylic acids is 1. The van der Waals surface area contributed by atoms with Crippen molar-refractivity contribution in [3.8, 4) is 11.5 Å². The third-order valence-corrected chi connectivity index (χ3v) is 3.57. The van der Waals surface area contributed by atoms with Crippen molar-refractivity contribution in [3.63, 3.8) is 0 Å². The van der Waals surface area contributed by atoms with Gasteiger partial charge in [-0.1, -0.05) is 17.7 Å². The molecule has 0 bridgehead atoms. The molecule has 0 saturated carbocycles. The molecule has 134 valence electrons. The van der Waals surface area contributed by atoms with Gasteiger partial charge in [0.25, 0.3) is 0 Å². The molecular weight excluding hydrogens is 354 g/mol. The predicted molar refractivity (Wildman–Crippen MR) is 91.7 cm³/mol. The Bertz CT molecular complexity index is 757. The zero-order valence-electron chi connectivity index (χ0n) is 13.6. The molecule has 2 rings (SSSR count). The fraction of sp³-hybridized carbons (Fsp3) is 0.235. The molecule has 0 radical (unpaired) electrons. The minimum absolute atomic E-state index is 0.0919. The Balaban J connectivity index is 1.99. The maximum Gasteiger partial charge on any atom is 0.387 e. The molecule has 0 fully saturated rings. The molecular formula is C17H17ClF2N2O3. The topological polar surface area (TPSA) is 59.6 Å². The second-order valence-corrected chi connectivity index (χ2v) is 5.57. The molecule has 0 atom stereocenters. The number of hydrogen-bond acceptors (Lipinski definition) is 3. The summed E-state index contributed by atoms with van der Waals surface area (Å²) in [4.78, 5) is 12.0. The van der Waals surface area contributed by atoms with Crippen LogP contribution in [0.25, 0.3) is 0 Å². The first kappa shape index (κ1) is 18.8. The Morgan fingerprint density at radius 3 is 2.60 bits per heavy atom. The highest BCUT2D eigenvalue weighted by Crippen LogP contribution is 2.29. The molecule has 0 spiro atoms. The van der Waals surface area contributed by atoms with E-state index in [4.69, 9.17) is 16.3 Å². The van der Waals surface area contributed by atoms with Crippen LogP contribution in [-0.2, 0) is 6.54 Å². The number of halogens is 3. The summed E-state index contributed by atoms with van der Waals surface area (Å²) in [5.74, 6) is 0.0936. The first-order chi connectivity index (χ1) is 11.9. The lowest BCUT2D eigenvalue weighted by atomic mass is 10.2. The monoisotopic (exact) mass is 370 g/mol. The smallest absolute Gasteiger partial charge is 0.387 e. The summed E-state index contributed by atoms with van der Waals surface area (Å²) in [6.45, 7) is -1.02. The van der Waals surface area contributed by atoms with Crippen LogP contribution in [0.3, 0.4) is 0 Å². The number of methoxy groups -OCH3 is 1. The second-order valence-electron chi connectivity index (χ2n) is 5.13. The normalized spacial score (nSPS) is 10.5. The zero-order valence-corrected chi connectivity index (χ0v) is 14.4. The molecule has 0 aliphatic heterocycles. The van der Waals surface area contributed by atoms with Crippen molar-refractivity contribution in [2.75, 3.05) is 12.4 Å². The van der Waals surface area contributed by atoms with Gasteiger partial charge in [-0.25, -0.2) is 4.79 Å².